The molecule has 2 saturated carbocycles. The Hall–Kier alpha value is -3.55. The normalized spacial score (nSPS) is 22.0. The first-order chi connectivity index (χ1) is 21.0. The fourth-order valence-corrected chi connectivity index (χ4v) is 7.70. The van der Waals surface area contributed by atoms with Gasteiger partial charge < -0.3 is 25.6 Å². The lowest BCUT2D eigenvalue weighted by molar-refractivity contribution is -0.135. The van der Waals surface area contributed by atoms with E-state index in [1.807, 2.05) is 42.5 Å². The van der Waals surface area contributed by atoms with Gasteiger partial charge in [0.15, 0.2) is 5.96 Å². The third-order valence-electron chi connectivity index (χ3n) is 9.99. The van der Waals surface area contributed by atoms with Crippen molar-refractivity contribution >= 4 is 23.5 Å². The van der Waals surface area contributed by atoms with Crippen LogP contribution in [0.25, 0.3) is 0 Å². The molecule has 2 heterocycles. The minimum absolute atomic E-state index is 0.0705. The number of para-hydroxylation sites is 1. The molecular formula is C35H47N5O3. The molecule has 3 N–H and O–H groups in total. The number of nitrogens with two attached hydrogens (primary N) is 1. The summed E-state index contributed by atoms with van der Waals surface area (Å²) in [5, 5.41) is 3.10. The van der Waals surface area contributed by atoms with E-state index in [-0.39, 0.29) is 29.9 Å². The summed E-state index contributed by atoms with van der Waals surface area (Å²) >= 11 is 0. The number of guanidine groups is 1. The van der Waals surface area contributed by atoms with Crippen LogP contribution in [0.4, 0.5) is 5.69 Å². The maximum absolute atomic E-state index is 14.0. The minimum Gasteiger partial charge on any atom is -0.457 e. The molecule has 3 fully saturated rings. The molecule has 0 aromatic heterocycles. The summed E-state index contributed by atoms with van der Waals surface area (Å²) in [4.78, 5) is 35.1. The fraction of sp³-hybridized carbons (Fsp3) is 0.571. The number of amides is 2. The molecule has 230 valence electrons. The summed E-state index contributed by atoms with van der Waals surface area (Å²) in [5.41, 5.74) is 8.65. The molecule has 0 unspecified atom stereocenters. The predicted octanol–water partition coefficient (Wildman–Crippen LogP) is 6.41. The Bertz CT molecular complexity index is 1290. The van der Waals surface area contributed by atoms with Crippen molar-refractivity contribution in [3.05, 3.63) is 54.1 Å². The second kappa shape index (κ2) is 13.8. The lowest BCUT2D eigenvalue weighted by atomic mass is 9.81. The van der Waals surface area contributed by atoms with Gasteiger partial charge in [0, 0.05) is 49.6 Å². The first kappa shape index (κ1) is 29.5. The van der Waals surface area contributed by atoms with E-state index in [1.165, 1.54) is 38.5 Å². The molecule has 6 rings (SSSR count). The van der Waals surface area contributed by atoms with Crippen LogP contribution in [0.1, 0.15) is 95.5 Å². The van der Waals surface area contributed by atoms with Gasteiger partial charge in [0.05, 0.1) is 5.69 Å². The van der Waals surface area contributed by atoms with Crippen molar-refractivity contribution in [3.63, 3.8) is 0 Å². The van der Waals surface area contributed by atoms with Gasteiger partial charge in [-0.25, -0.2) is 4.99 Å². The lowest BCUT2D eigenvalue weighted by Crippen LogP contribution is -2.51. The van der Waals surface area contributed by atoms with E-state index in [9.17, 15) is 9.59 Å². The number of nitrogens with zero attached hydrogens (tertiary/aromatic N) is 3. The summed E-state index contributed by atoms with van der Waals surface area (Å²) in [6.07, 6.45) is 14.4. The number of ether oxygens (including phenoxy) is 1. The number of carbonyl (C=O) groups excluding carboxylic acids is 2. The highest BCUT2D eigenvalue weighted by atomic mass is 16.5. The Labute approximate surface area is 256 Å². The Kier molecular flexibility index (Phi) is 9.49. The summed E-state index contributed by atoms with van der Waals surface area (Å²) < 4.78 is 6.13. The predicted molar refractivity (Wildman–Crippen MR) is 169 cm³/mol. The molecule has 2 aromatic rings. The van der Waals surface area contributed by atoms with Gasteiger partial charge in [0.25, 0.3) is 0 Å². The highest BCUT2D eigenvalue weighted by molar-refractivity contribution is 5.84. The van der Waals surface area contributed by atoms with Crippen LogP contribution < -0.4 is 15.8 Å². The summed E-state index contributed by atoms with van der Waals surface area (Å²) in [7, 11) is 0. The molecule has 2 aliphatic carbocycles. The van der Waals surface area contributed by atoms with Crippen LogP contribution in [0.2, 0.25) is 0 Å². The molecule has 2 aromatic carbocycles. The SMILES string of the molecule is NC1=Nc2ccc(Oc3ccccc3)cc2CN1[C@@H](CCC(=O)N(C[C@@H]1CCC(=O)N1)C1CCCCC1)C1CCCCC1. The van der Waals surface area contributed by atoms with Crippen LogP contribution in [-0.4, -0.2) is 52.2 Å². The first-order valence-electron chi connectivity index (χ1n) is 16.6. The van der Waals surface area contributed by atoms with Gasteiger partial charge in [-0.15, -0.1) is 0 Å². The molecule has 2 aliphatic heterocycles. The number of aliphatic imine (C=N–C) groups is 1. The number of carbonyl (C=O) groups is 2. The third-order valence-corrected chi connectivity index (χ3v) is 9.99. The van der Waals surface area contributed by atoms with Crippen LogP contribution in [0.5, 0.6) is 11.5 Å². The molecule has 2 atom stereocenters. The largest absolute Gasteiger partial charge is 0.457 e. The van der Waals surface area contributed by atoms with Gasteiger partial charge in [0.2, 0.25) is 11.8 Å². The van der Waals surface area contributed by atoms with Crippen molar-refractivity contribution in [1.82, 2.24) is 15.1 Å². The maximum Gasteiger partial charge on any atom is 0.222 e. The van der Waals surface area contributed by atoms with Crippen LogP contribution >= 0.6 is 0 Å². The second-order valence-corrected chi connectivity index (χ2v) is 12.9. The van der Waals surface area contributed by atoms with E-state index in [1.54, 1.807) is 0 Å². The van der Waals surface area contributed by atoms with Crippen LogP contribution in [0.15, 0.2) is 53.5 Å². The molecule has 0 spiro atoms. The zero-order valence-corrected chi connectivity index (χ0v) is 25.4. The second-order valence-electron chi connectivity index (χ2n) is 12.9. The monoisotopic (exact) mass is 585 g/mol. The zero-order valence-electron chi connectivity index (χ0n) is 25.4. The van der Waals surface area contributed by atoms with E-state index in [0.29, 0.717) is 37.8 Å². The number of rotatable bonds is 10. The van der Waals surface area contributed by atoms with Crippen LogP contribution in [0, 0.1) is 5.92 Å². The van der Waals surface area contributed by atoms with Crippen molar-refractivity contribution in [2.24, 2.45) is 16.6 Å². The Morgan fingerprint density at radius 3 is 2.44 bits per heavy atom. The van der Waals surface area contributed by atoms with Gasteiger partial charge in [-0.05, 0) is 74.8 Å². The number of nitrogens with one attached hydrogen (secondary N) is 1. The summed E-state index contributed by atoms with van der Waals surface area (Å²) in [6.45, 7) is 1.29. The average molecular weight is 586 g/mol. The van der Waals surface area contributed by atoms with Crippen molar-refractivity contribution < 1.29 is 14.3 Å². The average Bonchev–Trinajstić information content (AvgIpc) is 3.46. The molecule has 43 heavy (non-hydrogen) atoms. The van der Waals surface area contributed by atoms with Crippen LogP contribution in [0.3, 0.4) is 0 Å². The van der Waals surface area contributed by atoms with Crippen molar-refractivity contribution in [2.75, 3.05) is 6.54 Å². The molecule has 0 bridgehead atoms. The summed E-state index contributed by atoms with van der Waals surface area (Å²) in [5.74, 6) is 2.95. The highest BCUT2D eigenvalue weighted by Gasteiger charge is 2.35. The topological polar surface area (TPSA) is 100 Å². The van der Waals surface area contributed by atoms with Crippen molar-refractivity contribution in [1.29, 1.82) is 0 Å². The Morgan fingerprint density at radius 2 is 1.72 bits per heavy atom. The third kappa shape index (κ3) is 7.34. The first-order valence-corrected chi connectivity index (χ1v) is 16.6. The Morgan fingerprint density at radius 1 is 0.977 bits per heavy atom. The van der Waals surface area contributed by atoms with Gasteiger partial charge in [-0.3, -0.25) is 9.59 Å². The number of benzene rings is 2. The number of hydrogen-bond donors (Lipinski definition) is 2. The van der Waals surface area contributed by atoms with E-state index in [2.05, 4.69) is 21.2 Å². The number of hydrogen-bond acceptors (Lipinski definition) is 6. The zero-order chi connectivity index (χ0) is 29.6. The molecule has 8 nitrogen and oxygen atoms in total. The Balaban J connectivity index is 1.18. The van der Waals surface area contributed by atoms with Gasteiger partial charge in [-0.2, -0.15) is 0 Å². The highest BCUT2D eigenvalue weighted by Crippen LogP contribution is 2.37. The van der Waals surface area contributed by atoms with Gasteiger partial charge >= 0.3 is 0 Å². The van der Waals surface area contributed by atoms with E-state index in [4.69, 9.17) is 15.5 Å². The molecule has 1 saturated heterocycles. The molecule has 8 heteroatoms. The lowest BCUT2D eigenvalue weighted by Gasteiger charge is -2.42. The quantitative estimate of drug-likeness (QED) is 0.336. The van der Waals surface area contributed by atoms with Crippen molar-refractivity contribution in [3.8, 4) is 11.5 Å². The van der Waals surface area contributed by atoms with Crippen LogP contribution in [-0.2, 0) is 16.1 Å². The molecular weight excluding hydrogens is 538 g/mol. The maximum atomic E-state index is 14.0. The minimum atomic E-state index is 0.0705. The summed E-state index contributed by atoms with van der Waals surface area (Å²) in [6, 6.07) is 16.3. The standard InChI is InChI=1S/C35H47N5O3/c36-35-38-31-18-17-30(43-29-14-8-3-9-15-29)22-26(31)23-40(35)32(25-10-4-1-5-11-25)19-21-34(42)39(28-12-6-2-7-13-28)24-27-16-20-33(41)37-27/h3,8-9,14-15,17-18,22,25,27-28,32H,1-2,4-7,10-13,16,19-21,23-24H2,(H2,36,38)(H,37,41)/t27-,32-/m0/s1. The van der Waals surface area contributed by atoms with Crippen molar-refractivity contribution in [2.45, 2.75) is 115 Å². The smallest absolute Gasteiger partial charge is 0.222 e. The molecule has 0 radical (unpaired) electrons. The van der Waals surface area contributed by atoms with E-state index < -0.39 is 0 Å². The van der Waals surface area contributed by atoms with Gasteiger partial charge in [-0.1, -0.05) is 56.7 Å². The van der Waals surface area contributed by atoms with Gasteiger partial charge in [0.1, 0.15) is 11.5 Å². The fourth-order valence-electron chi connectivity index (χ4n) is 7.70. The molecule has 4 aliphatic rings. The number of fused-ring (bicyclic) bond motifs is 1. The molecule has 2 amide bonds. The van der Waals surface area contributed by atoms with E-state index in [0.717, 1.165) is 61.3 Å². The van der Waals surface area contributed by atoms with E-state index >= 15 is 0 Å².